The van der Waals surface area contributed by atoms with Gasteiger partial charge in [-0.2, -0.15) is 0 Å². The van der Waals surface area contributed by atoms with Gasteiger partial charge >= 0.3 is 24.2 Å². The SMILES string of the molecule is C=C(NC(=O)c1csc(-c2nc3c(cc2O)-c2nc(cs2)C(=O)N[C@@H]([C@@H](C)O)C(=O)N/C(=C\C)c2nc(cs2)C(=O)N[C@H]2C[C@H](OC(=O)N4CCN(C(=O)OCc5ccc(NC(=O)[C@H](CCCNC(N)=O)NC(=O)[C@@H](NC(=O)CCCCCN6C(=O)C=CC6=O)C(C)C)cc5)CC4)C(=O)OCc4cccc5[nH]c(c(C)c45)C(=O)SC[C@H](NC(=O)c4csc2n4)c2nc-3cs2)n1)C(N)=O. The van der Waals surface area contributed by atoms with Crippen molar-refractivity contribution >= 4 is 185 Å². The van der Waals surface area contributed by atoms with Crippen molar-refractivity contribution in [2.75, 3.05) is 50.3 Å². The quantitative estimate of drug-likeness (QED) is 0.0101. The molecule has 1 saturated heterocycles. The van der Waals surface area contributed by atoms with E-state index in [0.717, 1.165) is 73.3 Å². The van der Waals surface area contributed by atoms with Crippen LogP contribution in [0, 0.1) is 12.8 Å². The van der Waals surface area contributed by atoms with Crippen LogP contribution in [0.1, 0.15) is 169 Å². The Labute approximate surface area is 780 Å². The standard InChI is InChI=1S/C85H89N21O21S6/c1-7-47-77-98-53(35-130-77)71(115)94-50-30-58(127-85(124)105-27-25-104(26-28-105)84(123)126-31-43-17-19-45(20-18-43)90-69(113)49(15-12-23-88-83(87)122)93-74(118)63(39(2)3)101-59(109)16-9-8-10-24-106-60(110)21-22-61(106)111)81(120)125-32-44-13-11-14-48-62(44)40(4)64(91-48)82(121)133-38-56(95-72(116)54-36-131-78(50)99-54)79-96-51(33-129-79)66-46(76-97-55(34-128-76)73(117)103-65(42(6)107)75(119)92-47)29-57(108)67(102-66)80-100-52(37-132-80)70(114)89-41(5)68(86)112/h7,11,13-14,17-22,29,33-37,39,42,49-50,56,58,63,65,91,107-108H,5,8-10,12,15-16,23-28,30-32,38H2,1-4,6H3,(H2,86,112)(H,89,114)(H,90,113)(H,92,119)(H,93,118)(H,94,115)(H,95,116)(H,101,109)(H,103,117)(H3,87,88,122)/b47-7-/t42-,49+,50+,56+,58+,63+,65+/m1/s1. The molecule has 1 fully saturated rings. The van der Waals surface area contributed by atoms with Crippen LogP contribution in [0.25, 0.3) is 49.3 Å². The summed E-state index contributed by atoms with van der Waals surface area (Å²) in [5.41, 5.74) is 11.5. The number of pyridine rings is 1. The van der Waals surface area contributed by atoms with Crippen molar-refractivity contribution in [1.29, 1.82) is 0 Å². The molecule has 2 aromatic carbocycles. The van der Waals surface area contributed by atoms with Gasteiger partial charge in [-0.3, -0.25) is 62.4 Å². The fourth-order valence-electron chi connectivity index (χ4n) is 14.2. The van der Waals surface area contributed by atoms with Crippen molar-refractivity contribution in [3.05, 3.63) is 166 Å². The first-order valence-electron chi connectivity index (χ1n) is 41.4. The Bertz CT molecular complexity index is 6120. The molecule has 0 saturated carbocycles. The van der Waals surface area contributed by atoms with E-state index in [-0.39, 0.29) is 158 Å². The molecule has 16 N–H and O–H groups in total. The molecule has 0 unspecified atom stereocenters. The number of nitrogens with zero attached hydrogens (tertiary/aromatic N) is 9. The Morgan fingerprint density at radius 1 is 0.707 bits per heavy atom. The van der Waals surface area contributed by atoms with Gasteiger partial charge in [-0.15, -0.1) is 56.7 Å². The predicted octanol–water partition coefficient (Wildman–Crippen LogP) is 6.48. The number of cyclic esters (lactones) is 1. The van der Waals surface area contributed by atoms with E-state index in [0.29, 0.717) is 46.9 Å². The molecule has 7 atom stereocenters. The van der Waals surface area contributed by atoms with Crippen molar-refractivity contribution in [3.8, 4) is 38.4 Å². The fourth-order valence-corrected chi connectivity index (χ4v) is 19.3. The molecule has 11 heterocycles. The first kappa shape index (κ1) is 96.5. The highest BCUT2D eigenvalue weighted by Crippen LogP contribution is 2.42. The van der Waals surface area contributed by atoms with Gasteiger partial charge in [-0.1, -0.05) is 69.0 Å². The Hall–Kier alpha value is -14.1. The number of nitrogens with one attached hydrogen (secondary N) is 10. The van der Waals surface area contributed by atoms with E-state index < -0.39 is 167 Å². The molecular weight excluding hydrogens is 1840 g/mol. The number of piperazine rings is 1. The van der Waals surface area contributed by atoms with Crippen LogP contribution in [0.4, 0.5) is 20.1 Å². The maximum absolute atomic E-state index is 15.1. The number of rotatable bonds is 24. The monoisotopic (exact) mass is 1930 g/mol. The van der Waals surface area contributed by atoms with E-state index in [1.54, 1.807) is 63.4 Å². The number of hydrogen-bond donors (Lipinski definition) is 14. The van der Waals surface area contributed by atoms with Crippen LogP contribution in [0.2, 0.25) is 0 Å². The lowest BCUT2D eigenvalue weighted by Gasteiger charge is -2.34. The van der Waals surface area contributed by atoms with Gasteiger partial charge in [0.25, 0.3) is 41.4 Å². The number of unbranched alkanes of at least 4 members (excludes halogenated alkanes) is 2. The van der Waals surface area contributed by atoms with E-state index in [1.807, 2.05) is 0 Å². The highest BCUT2D eigenvalue weighted by Gasteiger charge is 2.39. The average molecular weight is 1930 g/mol. The number of primary amides is 2. The van der Waals surface area contributed by atoms with Crippen molar-refractivity contribution < 1.29 is 101 Å². The average Bonchev–Trinajstić information content (AvgIpc) is 1.65. The number of anilines is 1. The van der Waals surface area contributed by atoms with E-state index in [9.17, 15) is 77.3 Å². The second-order valence-corrected chi connectivity index (χ2v) is 36.3. The van der Waals surface area contributed by atoms with Crippen LogP contribution < -0.4 is 59.3 Å². The number of aromatic nitrogens is 7. The van der Waals surface area contributed by atoms with E-state index >= 15 is 9.59 Å². The van der Waals surface area contributed by atoms with E-state index in [1.165, 1.54) is 74.7 Å². The topological polar surface area (TPSA) is 604 Å². The molecule has 9 aromatic rings. The number of aromatic amines is 1. The number of aryl methyl sites for hydroxylation is 1. The lowest BCUT2D eigenvalue weighted by molar-refractivity contribution is -0.156. The van der Waals surface area contributed by atoms with Crippen molar-refractivity contribution in [2.24, 2.45) is 17.4 Å². The van der Waals surface area contributed by atoms with Gasteiger partial charge < -0.3 is 98.5 Å². The summed E-state index contributed by atoms with van der Waals surface area (Å²) in [6, 6.07) is 5.28. The minimum absolute atomic E-state index is 0.00254. The lowest BCUT2D eigenvalue weighted by atomic mass is 10.0. The smallest absolute Gasteiger partial charge is 0.410 e. The van der Waals surface area contributed by atoms with Gasteiger partial charge in [0.2, 0.25) is 34.8 Å². The molecule has 0 aliphatic carbocycles. The van der Waals surface area contributed by atoms with Crippen LogP contribution in [-0.4, -0.2) is 229 Å². The number of fused-ring (bicyclic) bond motifs is 13. The molecule has 0 spiro atoms. The van der Waals surface area contributed by atoms with Crippen LogP contribution in [0.5, 0.6) is 5.75 Å². The van der Waals surface area contributed by atoms with E-state index in [2.05, 4.69) is 74.4 Å². The number of urea groups is 1. The number of aromatic hydroxyl groups is 1. The van der Waals surface area contributed by atoms with Crippen molar-refractivity contribution in [2.45, 2.75) is 135 Å². The van der Waals surface area contributed by atoms with Gasteiger partial charge in [0, 0.05) is 119 Å². The summed E-state index contributed by atoms with van der Waals surface area (Å²) in [5.74, 6) is -10.2. The number of thioether (sulfide) groups is 1. The number of aliphatic hydroxyl groups is 1. The second-order valence-electron chi connectivity index (χ2n) is 31.0. The summed E-state index contributed by atoms with van der Waals surface area (Å²) < 4.78 is 17.9. The molecule has 13 rings (SSSR count). The summed E-state index contributed by atoms with van der Waals surface area (Å²) >= 11 is 5.41. The van der Waals surface area contributed by atoms with E-state index in [4.69, 9.17) is 40.6 Å². The number of nitrogens with two attached hydrogens (primary N) is 2. The molecule has 15 amide bonds. The van der Waals surface area contributed by atoms with Gasteiger partial charge in [0.15, 0.2) is 0 Å². The van der Waals surface area contributed by atoms with Gasteiger partial charge in [-0.25, -0.2) is 49.1 Å². The van der Waals surface area contributed by atoms with Crippen LogP contribution in [0.15, 0.2) is 106 Å². The number of imide groups is 1. The highest BCUT2D eigenvalue weighted by molar-refractivity contribution is 8.14. The summed E-state index contributed by atoms with van der Waals surface area (Å²) in [5, 5.41) is 54.2. The molecular formula is C85H89N21O21S6. The summed E-state index contributed by atoms with van der Waals surface area (Å²) in [6.07, 6.45) is -0.371. The molecule has 7 aromatic heterocycles. The molecule has 696 valence electrons. The van der Waals surface area contributed by atoms with Gasteiger partial charge in [0.1, 0.15) is 102 Å². The van der Waals surface area contributed by atoms with Gasteiger partial charge in [0.05, 0.1) is 35.3 Å². The number of esters is 1. The minimum Gasteiger partial charge on any atom is -0.506 e. The Morgan fingerprint density at radius 3 is 2.03 bits per heavy atom. The van der Waals surface area contributed by atoms with Crippen LogP contribution in [0.3, 0.4) is 0 Å². The second kappa shape index (κ2) is 43.3. The summed E-state index contributed by atoms with van der Waals surface area (Å²) in [4.78, 5) is 253. The number of carbonyl (C=O) groups is 16. The number of aliphatic hydroxyl groups excluding tert-OH is 1. The van der Waals surface area contributed by atoms with Crippen molar-refractivity contribution in [3.63, 3.8) is 0 Å². The molecule has 12 bridgehead atoms. The third-order valence-electron chi connectivity index (χ3n) is 21.3. The molecule has 48 heteroatoms. The largest absolute Gasteiger partial charge is 0.506 e. The molecule has 4 aliphatic rings. The third-order valence-corrected chi connectivity index (χ3v) is 26.8. The number of benzene rings is 2. The minimum atomic E-state index is -1.91. The molecule has 133 heavy (non-hydrogen) atoms. The summed E-state index contributed by atoms with van der Waals surface area (Å²) in [7, 11) is 0. The highest BCUT2D eigenvalue weighted by atomic mass is 32.2. The van der Waals surface area contributed by atoms with Crippen molar-refractivity contribution in [1.82, 2.24) is 92.1 Å². The third kappa shape index (κ3) is 23.8. The Morgan fingerprint density at radius 2 is 1.35 bits per heavy atom. The number of thiazole rings is 5. The number of amides is 15. The first-order chi connectivity index (χ1) is 63.6. The fraction of sp³-hybridized carbons (Fsp3) is 0.341. The number of ether oxygens (including phenoxy) is 3. The zero-order chi connectivity index (χ0) is 95.2. The van der Waals surface area contributed by atoms with Crippen LogP contribution >= 0.6 is 68.4 Å². The van der Waals surface area contributed by atoms with Gasteiger partial charge in [-0.05, 0) is 93.3 Å². The number of hydrogen-bond acceptors (Lipinski definition) is 33. The van der Waals surface area contributed by atoms with Crippen LogP contribution in [-0.2, 0) is 65.8 Å². The molecule has 4 aliphatic heterocycles. The Balaban J connectivity index is 0.737. The number of H-pyrrole nitrogens is 1. The zero-order valence-corrected chi connectivity index (χ0v) is 76.6. The lowest BCUT2D eigenvalue weighted by Crippen LogP contribution is -2.54. The maximum Gasteiger partial charge on any atom is 0.410 e. The summed E-state index contributed by atoms with van der Waals surface area (Å²) in [6.45, 7) is 10.4. The predicted molar refractivity (Wildman–Crippen MR) is 487 cm³/mol. The molecule has 42 nitrogen and oxygen atoms in total. The Kier molecular flexibility index (Phi) is 31.4. The zero-order valence-electron chi connectivity index (χ0n) is 71.7. The first-order valence-corrected chi connectivity index (χ1v) is 46.8. The number of carbonyl (C=O) groups excluding carboxylic acids is 16. The normalized spacial score (nSPS) is 17.8. The number of allylic oxidation sites excluding steroid dienone is 1. The molecule has 0 radical (unpaired) electrons. The maximum atomic E-state index is 15.1.